The number of ether oxygens (including phenoxy) is 3. The molecular formula is C26H29N3O6. The Morgan fingerprint density at radius 1 is 1.03 bits per heavy atom. The number of benzene rings is 1. The molecule has 0 bridgehead atoms. The van der Waals surface area contributed by atoms with Crippen LogP contribution in [0.1, 0.15) is 35.2 Å². The maximum absolute atomic E-state index is 13.8. The fourth-order valence-electron chi connectivity index (χ4n) is 5.34. The summed E-state index contributed by atoms with van der Waals surface area (Å²) in [6.45, 7) is 2.25. The Bertz CT molecular complexity index is 1370. The molecule has 2 aromatic heterocycles. The SMILES string of the molecule is COc1cnc2c(c1)C(=O)c1c-2n(CCCN2CCC[C@H]2CO)c(=O)c2cc(OC)c(OC)cc12. The van der Waals surface area contributed by atoms with Gasteiger partial charge in [0, 0.05) is 24.5 Å². The standard InChI is InChI=1S/C26H29N3O6/c1-33-16-10-19-23(27-13-16)24-22(25(19)31)17-11-20(34-2)21(35-3)12-18(17)26(32)29(24)9-5-8-28-7-4-6-15(28)14-30/h10-13,15,30H,4-9,14H2,1-3H3/t15-/m0/s1. The molecule has 1 aliphatic carbocycles. The van der Waals surface area contributed by atoms with Crippen LogP contribution >= 0.6 is 0 Å². The highest BCUT2D eigenvalue weighted by atomic mass is 16.5. The zero-order chi connectivity index (χ0) is 24.7. The van der Waals surface area contributed by atoms with Crippen LogP contribution < -0.4 is 19.8 Å². The average Bonchev–Trinajstić information content (AvgIpc) is 3.46. The van der Waals surface area contributed by atoms with Gasteiger partial charge in [0.2, 0.25) is 0 Å². The first kappa shape index (κ1) is 23.3. The Kier molecular flexibility index (Phi) is 6.21. The lowest BCUT2D eigenvalue weighted by atomic mass is 10.0. The van der Waals surface area contributed by atoms with Crippen LogP contribution in [0.5, 0.6) is 17.2 Å². The van der Waals surface area contributed by atoms with Crippen molar-refractivity contribution in [3.8, 4) is 28.6 Å². The molecular weight excluding hydrogens is 450 g/mol. The molecule has 5 rings (SSSR count). The predicted molar refractivity (Wildman–Crippen MR) is 131 cm³/mol. The number of fused-ring (bicyclic) bond motifs is 5. The molecule has 0 unspecified atom stereocenters. The number of carbonyl (C=O) groups is 1. The number of pyridine rings is 2. The largest absolute Gasteiger partial charge is 0.495 e. The molecule has 35 heavy (non-hydrogen) atoms. The number of ketones is 1. The third kappa shape index (κ3) is 3.75. The molecule has 184 valence electrons. The highest BCUT2D eigenvalue weighted by molar-refractivity contribution is 6.26. The van der Waals surface area contributed by atoms with Crippen molar-refractivity contribution in [2.24, 2.45) is 0 Å². The minimum Gasteiger partial charge on any atom is -0.495 e. The third-order valence-electron chi connectivity index (χ3n) is 7.11. The van der Waals surface area contributed by atoms with Crippen molar-refractivity contribution in [1.82, 2.24) is 14.5 Å². The van der Waals surface area contributed by atoms with Crippen molar-refractivity contribution < 1.29 is 24.1 Å². The van der Waals surface area contributed by atoms with E-state index in [2.05, 4.69) is 9.88 Å². The van der Waals surface area contributed by atoms with Crippen LogP contribution in [0.4, 0.5) is 0 Å². The van der Waals surface area contributed by atoms with Gasteiger partial charge in [-0.1, -0.05) is 0 Å². The van der Waals surface area contributed by atoms with Gasteiger partial charge < -0.3 is 23.9 Å². The number of rotatable bonds is 8. The van der Waals surface area contributed by atoms with E-state index >= 15 is 0 Å². The first-order valence-corrected chi connectivity index (χ1v) is 11.8. The van der Waals surface area contributed by atoms with Gasteiger partial charge in [0.15, 0.2) is 17.3 Å². The normalized spacial score (nSPS) is 17.0. The molecule has 1 saturated heterocycles. The van der Waals surface area contributed by atoms with Crippen LogP contribution in [0.25, 0.3) is 22.2 Å². The van der Waals surface area contributed by atoms with Crippen molar-refractivity contribution >= 4 is 16.6 Å². The lowest BCUT2D eigenvalue weighted by Gasteiger charge is -2.23. The lowest BCUT2D eigenvalue weighted by molar-refractivity contribution is 0.104. The zero-order valence-corrected chi connectivity index (χ0v) is 20.2. The first-order valence-electron chi connectivity index (χ1n) is 11.8. The number of aromatic nitrogens is 2. The van der Waals surface area contributed by atoms with E-state index in [9.17, 15) is 14.7 Å². The Balaban J connectivity index is 1.66. The van der Waals surface area contributed by atoms with Gasteiger partial charge in [-0.15, -0.1) is 0 Å². The number of aliphatic hydroxyl groups excluding tert-OH is 1. The zero-order valence-electron chi connectivity index (χ0n) is 20.2. The summed E-state index contributed by atoms with van der Waals surface area (Å²) in [5, 5.41) is 10.5. The van der Waals surface area contributed by atoms with E-state index in [0.717, 1.165) is 25.9 Å². The van der Waals surface area contributed by atoms with Crippen molar-refractivity contribution in [3.05, 3.63) is 45.9 Å². The molecule has 0 amide bonds. The summed E-state index contributed by atoms with van der Waals surface area (Å²) in [4.78, 5) is 34.2. The Morgan fingerprint density at radius 2 is 1.77 bits per heavy atom. The average molecular weight is 480 g/mol. The van der Waals surface area contributed by atoms with E-state index in [1.165, 1.54) is 21.3 Å². The number of nitrogens with zero attached hydrogens (tertiary/aromatic N) is 3. The summed E-state index contributed by atoms with van der Waals surface area (Å²) < 4.78 is 17.8. The van der Waals surface area contributed by atoms with Gasteiger partial charge in [-0.25, -0.2) is 0 Å². The van der Waals surface area contributed by atoms with Crippen LogP contribution in [-0.4, -0.2) is 72.4 Å². The van der Waals surface area contributed by atoms with Crippen LogP contribution in [0.15, 0.2) is 29.2 Å². The third-order valence-corrected chi connectivity index (χ3v) is 7.11. The fourth-order valence-corrected chi connectivity index (χ4v) is 5.34. The predicted octanol–water partition coefficient (Wildman–Crippen LogP) is 2.48. The van der Waals surface area contributed by atoms with Crippen molar-refractivity contribution in [2.75, 3.05) is 41.0 Å². The molecule has 9 nitrogen and oxygen atoms in total. The van der Waals surface area contributed by atoms with Crippen LogP contribution in [0, 0.1) is 0 Å². The summed E-state index contributed by atoms with van der Waals surface area (Å²) >= 11 is 0. The molecule has 3 heterocycles. The fraction of sp³-hybridized carbons (Fsp3) is 0.423. The van der Waals surface area contributed by atoms with Crippen LogP contribution in [-0.2, 0) is 6.54 Å². The smallest absolute Gasteiger partial charge is 0.259 e. The highest BCUT2D eigenvalue weighted by Crippen LogP contribution is 2.42. The van der Waals surface area contributed by atoms with Crippen molar-refractivity contribution in [1.29, 1.82) is 0 Å². The molecule has 0 saturated carbocycles. The number of hydrogen-bond acceptors (Lipinski definition) is 8. The lowest BCUT2D eigenvalue weighted by Crippen LogP contribution is -2.34. The van der Waals surface area contributed by atoms with E-state index in [0.29, 0.717) is 63.5 Å². The summed E-state index contributed by atoms with van der Waals surface area (Å²) in [5.74, 6) is 1.14. The van der Waals surface area contributed by atoms with Gasteiger partial charge in [-0.2, -0.15) is 0 Å². The maximum atomic E-state index is 13.8. The molecule has 1 aromatic carbocycles. The minimum atomic E-state index is -0.210. The summed E-state index contributed by atoms with van der Waals surface area (Å²) in [7, 11) is 4.56. The topological polar surface area (TPSA) is 103 Å². The van der Waals surface area contributed by atoms with E-state index in [1.54, 1.807) is 29.0 Å². The van der Waals surface area contributed by atoms with Gasteiger partial charge in [0.1, 0.15) is 5.75 Å². The van der Waals surface area contributed by atoms with Crippen LogP contribution in [0.3, 0.4) is 0 Å². The molecule has 1 aliphatic heterocycles. The molecule has 3 aromatic rings. The summed E-state index contributed by atoms with van der Waals surface area (Å²) in [5.41, 5.74) is 1.64. The maximum Gasteiger partial charge on any atom is 0.259 e. The van der Waals surface area contributed by atoms with Gasteiger partial charge in [0.25, 0.3) is 5.56 Å². The monoisotopic (exact) mass is 479 g/mol. The van der Waals surface area contributed by atoms with Gasteiger partial charge in [0.05, 0.1) is 62.0 Å². The molecule has 1 atom stereocenters. The van der Waals surface area contributed by atoms with E-state index in [4.69, 9.17) is 14.2 Å². The molecule has 1 fully saturated rings. The Morgan fingerprint density at radius 3 is 2.46 bits per heavy atom. The number of hydrogen-bond donors (Lipinski definition) is 1. The number of methoxy groups -OCH3 is 3. The number of carbonyl (C=O) groups excluding carboxylic acids is 1. The van der Waals surface area contributed by atoms with Gasteiger partial charge >= 0.3 is 0 Å². The van der Waals surface area contributed by atoms with Crippen molar-refractivity contribution in [2.45, 2.75) is 31.8 Å². The second-order valence-electron chi connectivity index (χ2n) is 8.90. The Hall–Kier alpha value is -3.43. The first-order chi connectivity index (χ1) is 17.0. The Labute approximate surface area is 202 Å². The van der Waals surface area contributed by atoms with E-state index < -0.39 is 0 Å². The second kappa shape index (κ2) is 9.31. The quantitative estimate of drug-likeness (QED) is 0.411. The van der Waals surface area contributed by atoms with E-state index in [1.807, 2.05) is 0 Å². The van der Waals surface area contributed by atoms with Gasteiger partial charge in [-0.3, -0.25) is 19.5 Å². The number of likely N-dealkylation sites (tertiary alicyclic amines) is 1. The van der Waals surface area contributed by atoms with Gasteiger partial charge in [-0.05, 0) is 44.0 Å². The summed E-state index contributed by atoms with van der Waals surface area (Å²) in [6.07, 6.45) is 4.30. The molecule has 9 heteroatoms. The number of aliphatic hydroxyl groups is 1. The molecule has 0 spiro atoms. The van der Waals surface area contributed by atoms with Crippen molar-refractivity contribution in [3.63, 3.8) is 0 Å². The summed E-state index contributed by atoms with van der Waals surface area (Å²) in [6, 6.07) is 5.17. The van der Waals surface area contributed by atoms with Crippen LogP contribution in [0.2, 0.25) is 0 Å². The molecule has 1 N–H and O–H groups in total. The molecule has 0 radical (unpaired) electrons. The minimum absolute atomic E-state index is 0.139. The van der Waals surface area contributed by atoms with E-state index in [-0.39, 0.29) is 24.0 Å². The highest BCUT2D eigenvalue weighted by Gasteiger charge is 2.35. The second-order valence-corrected chi connectivity index (χ2v) is 8.90. The molecule has 2 aliphatic rings.